The van der Waals surface area contributed by atoms with Gasteiger partial charge in [-0.15, -0.1) is 5.10 Å². The second-order valence-electron chi connectivity index (χ2n) is 2.72. The molecule has 0 spiro atoms. The van der Waals surface area contributed by atoms with E-state index < -0.39 is 0 Å². The first-order valence-corrected chi connectivity index (χ1v) is 3.62. The minimum atomic E-state index is 0.654. The largest absolute Gasteiger partial charge is 0.376 e. The molecule has 0 fully saturated rings. The molecule has 0 unspecified atom stereocenters. The van der Waals surface area contributed by atoms with E-state index in [4.69, 9.17) is 0 Å². The van der Waals surface area contributed by atoms with E-state index in [1.165, 1.54) is 0 Å². The van der Waals surface area contributed by atoms with Gasteiger partial charge in [-0.3, -0.25) is 0 Å². The topological polar surface area (TPSA) is 57.7 Å². The highest BCUT2D eigenvalue weighted by Crippen LogP contribution is 2.18. The smallest absolute Gasteiger partial charge is 0.203 e. The Balaban J connectivity index is 2.73. The fourth-order valence-corrected chi connectivity index (χ4v) is 1.11. The molecule has 5 nitrogen and oxygen atoms in total. The molecule has 0 saturated carbocycles. The SMILES string of the molecule is CN(C)c1ccnc2n[nH]nc12. The first-order chi connectivity index (χ1) is 5.79. The summed E-state index contributed by atoms with van der Waals surface area (Å²) in [5.41, 5.74) is 2.48. The van der Waals surface area contributed by atoms with Gasteiger partial charge in [0, 0.05) is 20.3 Å². The van der Waals surface area contributed by atoms with E-state index >= 15 is 0 Å². The monoisotopic (exact) mass is 163 g/mol. The molecule has 0 aliphatic carbocycles. The Labute approximate surface area is 69.4 Å². The molecule has 2 rings (SSSR count). The molecule has 2 aromatic heterocycles. The normalized spacial score (nSPS) is 10.5. The molecule has 1 N–H and O–H groups in total. The van der Waals surface area contributed by atoms with Crippen LogP contribution in [0.1, 0.15) is 0 Å². The zero-order chi connectivity index (χ0) is 8.55. The molecule has 5 heteroatoms. The van der Waals surface area contributed by atoms with Gasteiger partial charge in [0.2, 0.25) is 5.65 Å². The summed E-state index contributed by atoms with van der Waals surface area (Å²) in [6.45, 7) is 0. The van der Waals surface area contributed by atoms with Crippen LogP contribution < -0.4 is 4.90 Å². The lowest BCUT2D eigenvalue weighted by molar-refractivity contribution is 0.953. The van der Waals surface area contributed by atoms with E-state index in [1.807, 2.05) is 25.1 Å². The first kappa shape index (κ1) is 7.02. The second kappa shape index (κ2) is 2.44. The van der Waals surface area contributed by atoms with Crippen molar-refractivity contribution in [2.45, 2.75) is 0 Å². The van der Waals surface area contributed by atoms with E-state index in [0.717, 1.165) is 11.2 Å². The maximum absolute atomic E-state index is 4.05. The number of nitrogens with zero attached hydrogens (tertiary/aromatic N) is 4. The minimum absolute atomic E-state index is 0.654. The summed E-state index contributed by atoms with van der Waals surface area (Å²) in [6.07, 6.45) is 1.72. The number of H-pyrrole nitrogens is 1. The molecular weight excluding hydrogens is 154 g/mol. The Hall–Kier alpha value is -1.65. The van der Waals surface area contributed by atoms with Crippen molar-refractivity contribution in [1.82, 2.24) is 20.4 Å². The van der Waals surface area contributed by atoms with Gasteiger partial charge in [0.1, 0.15) is 0 Å². The summed E-state index contributed by atoms with van der Waals surface area (Å²) < 4.78 is 0. The Morgan fingerprint density at radius 3 is 2.92 bits per heavy atom. The van der Waals surface area contributed by atoms with Gasteiger partial charge in [-0.05, 0) is 6.07 Å². The highest BCUT2D eigenvalue weighted by Gasteiger charge is 2.05. The number of rotatable bonds is 1. The highest BCUT2D eigenvalue weighted by atomic mass is 15.3. The van der Waals surface area contributed by atoms with E-state index in [9.17, 15) is 0 Å². The van der Waals surface area contributed by atoms with Crippen LogP contribution in [0.4, 0.5) is 5.69 Å². The Bertz CT molecular complexity index is 391. The van der Waals surface area contributed by atoms with Crippen molar-refractivity contribution in [3.05, 3.63) is 12.3 Å². The number of fused-ring (bicyclic) bond motifs is 1. The quantitative estimate of drug-likeness (QED) is 0.661. The van der Waals surface area contributed by atoms with Crippen LogP contribution in [0.2, 0.25) is 0 Å². The van der Waals surface area contributed by atoms with Crippen molar-refractivity contribution in [1.29, 1.82) is 0 Å². The summed E-state index contributed by atoms with van der Waals surface area (Å²) in [4.78, 5) is 6.03. The molecule has 0 aliphatic heterocycles. The van der Waals surface area contributed by atoms with Gasteiger partial charge >= 0.3 is 0 Å². The Morgan fingerprint density at radius 2 is 2.17 bits per heavy atom. The van der Waals surface area contributed by atoms with Crippen molar-refractivity contribution in [2.75, 3.05) is 19.0 Å². The number of hydrogen-bond acceptors (Lipinski definition) is 4. The highest BCUT2D eigenvalue weighted by molar-refractivity contribution is 5.84. The van der Waals surface area contributed by atoms with Gasteiger partial charge < -0.3 is 4.90 Å². The molecule has 0 aliphatic rings. The summed E-state index contributed by atoms with van der Waals surface area (Å²) >= 11 is 0. The van der Waals surface area contributed by atoms with Crippen LogP contribution in [-0.2, 0) is 0 Å². The van der Waals surface area contributed by atoms with E-state index in [1.54, 1.807) is 6.20 Å². The first-order valence-electron chi connectivity index (χ1n) is 3.62. The lowest BCUT2D eigenvalue weighted by atomic mass is 10.3. The average Bonchev–Trinajstić information content (AvgIpc) is 2.49. The third kappa shape index (κ3) is 0.903. The lowest BCUT2D eigenvalue weighted by Gasteiger charge is -2.10. The maximum atomic E-state index is 4.05. The molecule has 0 aromatic carbocycles. The summed E-state index contributed by atoms with van der Waals surface area (Å²) in [5, 5.41) is 10.4. The summed E-state index contributed by atoms with van der Waals surface area (Å²) in [7, 11) is 3.92. The summed E-state index contributed by atoms with van der Waals surface area (Å²) in [6, 6.07) is 1.91. The number of hydrogen-bond donors (Lipinski definition) is 1. The van der Waals surface area contributed by atoms with Crippen LogP contribution in [0.15, 0.2) is 12.3 Å². The maximum Gasteiger partial charge on any atom is 0.203 e. The molecule has 0 radical (unpaired) electrons. The van der Waals surface area contributed by atoms with Crippen molar-refractivity contribution >= 4 is 16.9 Å². The van der Waals surface area contributed by atoms with Gasteiger partial charge in [-0.1, -0.05) is 0 Å². The molecule has 62 valence electrons. The molecular formula is C7H9N5. The van der Waals surface area contributed by atoms with Crippen LogP contribution in [0.25, 0.3) is 11.2 Å². The van der Waals surface area contributed by atoms with Crippen molar-refractivity contribution < 1.29 is 0 Å². The van der Waals surface area contributed by atoms with E-state index in [2.05, 4.69) is 20.4 Å². The molecule has 0 bridgehead atoms. The molecule has 0 atom stereocenters. The lowest BCUT2D eigenvalue weighted by Crippen LogP contribution is -2.09. The molecule has 0 amide bonds. The fourth-order valence-electron chi connectivity index (χ4n) is 1.11. The van der Waals surface area contributed by atoms with Crippen LogP contribution in [0, 0.1) is 0 Å². The number of anilines is 1. The molecule has 2 heterocycles. The van der Waals surface area contributed by atoms with Crippen molar-refractivity contribution in [2.24, 2.45) is 0 Å². The Morgan fingerprint density at radius 1 is 1.33 bits per heavy atom. The minimum Gasteiger partial charge on any atom is -0.376 e. The van der Waals surface area contributed by atoms with Crippen LogP contribution in [-0.4, -0.2) is 34.5 Å². The average molecular weight is 163 g/mol. The van der Waals surface area contributed by atoms with Gasteiger partial charge in [-0.2, -0.15) is 10.3 Å². The Kier molecular flexibility index (Phi) is 1.43. The third-order valence-corrected chi connectivity index (χ3v) is 1.68. The number of aromatic nitrogens is 4. The van der Waals surface area contributed by atoms with E-state index in [0.29, 0.717) is 5.65 Å². The predicted octanol–water partition coefficient (Wildman–Crippen LogP) is 0.419. The van der Waals surface area contributed by atoms with Gasteiger partial charge in [0.05, 0.1) is 5.69 Å². The predicted molar refractivity (Wildman–Crippen MR) is 46.0 cm³/mol. The van der Waals surface area contributed by atoms with Crippen LogP contribution in [0.3, 0.4) is 0 Å². The molecule has 0 saturated heterocycles. The van der Waals surface area contributed by atoms with Gasteiger partial charge in [0.15, 0.2) is 5.52 Å². The van der Waals surface area contributed by atoms with E-state index in [-0.39, 0.29) is 0 Å². The standard InChI is InChI=1S/C7H9N5/c1-12(2)5-3-4-8-7-6(5)9-11-10-7/h3-4H,1-2H3,(H,8,9,10,11). The fraction of sp³-hybridized carbons (Fsp3) is 0.286. The van der Waals surface area contributed by atoms with Gasteiger partial charge in [0.25, 0.3) is 0 Å². The molecule has 2 aromatic rings. The zero-order valence-electron chi connectivity index (χ0n) is 6.94. The summed E-state index contributed by atoms with van der Waals surface area (Å²) in [5.74, 6) is 0. The third-order valence-electron chi connectivity index (χ3n) is 1.68. The molecule has 12 heavy (non-hydrogen) atoms. The van der Waals surface area contributed by atoms with Gasteiger partial charge in [-0.25, -0.2) is 4.98 Å². The van der Waals surface area contributed by atoms with Crippen LogP contribution >= 0.6 is 0 Å². The van der Waals surface area contributed by atoms with Crippen molar-refractivity contribution in [3.63, 3.8) is 0 Å². The number of pyridine rings is 1. The number of nitrogens with one attached hydrogen (secondary N) is 1. The number of aromatic amines is 1. The zero-order valence-corrected chi connectivity index (χ0v) is 6.94. The second-order valence-corrected chi connectivity index (χ2v) is 2.72. The van der Waals surface area contributed by atoms with Crippen LogP contribution in [0.5, 0.6) is 0 Å². The van der Waals surface area contributed by atoms with Crippen molar-refractivity contribution in [3.8, 4) is 0 Å².